The maximum atomic E-state index is 11.7. The molecule has 21 heavy (non-hydrogen) atoms. The lowest BCUT2D eigenvalue weighted by atomic mass is 9.87. The lowest BCUT2D eigenvalue weighted by molar-refractivity contribution is 0.0600. The maximum Gasteiger partial charge on any atom is 0.337 e. The fourth-order valence-corrected chi connectivity index (χ4v) is 2.80. The first kappa shape index (κ1) is 13.6. The molecule has 0 spiro atoms. The number of hydrogen-bond donors (Lipinski definition) is 0. The summed E-state index contributed by atoms with van der Waals surface area (Å²) in [6.45, 7) is 2.11. The van der Waals surface area contributed by atoms with E-state index in [1.165, 1.54) is 29.4 Å². The number of benzene rings is 2. The van der Waals surface area contributed by atoms with Crippen molar-refractivity contribution in [2.75, 3.05) is 7.11 Å². The van der Waals surface area contributed by atoms with Gasteiger partial charge in [-0.2, -0.15) is 0 Å². The highest BCUT2D eigenvalue weighted by atomic mass is 16.5. The Bertz CT molecular complexity index is 726. The minimum atomic E-state index is -0.283. The van der Waals surface area contributed by atoms with Crippen LogP contribution in [0.3, 0.4) is 0 Å². The molecule has 2 aromatic rings. The second-order valence-corrected chi connectivity index (χ2v) is 5.44. The number of allylic oxidation sites excluding steroid dienone is 1. The summed E-state index contributed by atoms with van der Waals surface area (Å²) < 4.78 is 4.79. The molecule has 0 atom stereocenters. The molecule has 0 aromatic heterocycles. The minimum Gasteiger partial charge on any atom is -0.465 e. The summed E-state index contributed by atoms with van der Waals surface area (Å²) in [7, 11) is 1.41. The number of rotatable bonds is 2. The van der Waals surface area contributed by atoms with Crippen molar-refractivity contribution in [1.82, 2.24) is 0 Å². The number of fused-ring (bicyclic) bond motifs is 1. The Hall–Kier alpha value is -2.35. The molecule has 106 valence electrons. The lowest BCUT2D eigenvalue weighted by Gasteiger charge is -2.17. The first-order valence-electron chi connectivity index (χ1n) is 7.16. The Balaban J connectivity index is 2.01. The van der Waals surface area contributed by atoms with Crippen molar-refractivity contribution in [3.63, 3.8) is 0 Å². The summed E-state index contributed by atoms with van der Waals surface area (Å²) in [6.07, 6.45) is 4.24. The van der Waals surface area contributed by atoms with Crippen LogP contribution in [0.5, 0.6) is 0 Å². The standard InChI is InChI=1S/C19H18O2/c1-13-4-3-5-15(10-13)16-8-6-14-7-9-17(19(20)21-2)12-18(14)11-16/h3-5,7,9-12H,6,8H2,1-2H3. The maximum absolute atomic E-state index is 11.7. The highest BCUT2D eigenvalue weighted by Gasteiger charge is 2.14. The average Bonchev–Trinajstić information content (AvgIpc) is 2.53. The van der Waals surface area contributed by atoms with Gasteiger partial charge in [-0.25, -0.2) is 4.79 Å². The van der Waals surface area contributed by atoms with Crippen LogP contribution in [0.4, 0.5) is 0 Å². The number of esters is 1. The number of carbonyl (C=O) groups is 1. The van der Waals surface area contributed by atoms with E-state index in [9.17, 15) is 4.79 Å². The van der Waals surface area contributed by atoms with Crippen LogP contribution in [0.25, 0.3) is 11.6 Å². The fraction of sp³-hybridized carbons (Fsp3) is 0.211. The third-order valence-electron chi connectivity index (χ3n) is 3.95. The molecular formula is C19H18O2. The predicted molar refractivity (Wildman–Crippen MR) is 85.2 cm³/mol. The molecule has 3 rings (SSSR count). The molecule has 2 heteroatoms. The van der Waals surface area contributed by atoms with E-state index in [0.29, 0.717) is 5.56 Å². The van der Waals surface area contributed by atoms with E-state index in [0.717, 1.165) is 18.4 Å². The Kier molecular flexibility index (Phi) is 3.61. The van der Waals surface area contributed by atoms with Crippen molar-refractivity contribution in [3.05, 3.63) is 70.3 Å². The van der Waals surface area contributed by atoms with Crippen LogP contribution >= 0.6 is 0 Å². The molecule has 0 aliphatic heterocycles. The smallest absolute Gasteiger partial charge is 0.337 e. The van der Waals surface area contributed by atoms with Gasteiger partial charge in [-0.15, -0.1) is 0 Å². The third kappa shape index (κ3) is 2.75. The zero-order valence-electron chi connectivity index (χ0n) is 12.3. The lowest BCUT2D eigenvalue weighted by Crippen LogP contribution is -2.05. The molecule has 1 aliphatic rings. The van der Waals surface area contributed by atoms with Crippen LogP contribution in [0.15, 0.2) is 42.5 Å². The zero-order chi connectivity index (χ0) is 14.8. The van der Waals surface area contributed by atoms with Gasteiger partial charge in [0.1, 0.15) is 0 Å². The van der Waals surface area contributed by atoms with Crippen molar-refractivity contribution in [2.24, 2.45) is 0 Å². The highest BCUT2D eigenvalue weighted by Crippen LogP contribution is 2.31. The summed E-state index contributed by atoms with van der Waals surface area (Å²) >= 11 is 0. The Morgan fingerprint density at radius 2 is 1.95 bits per heavy atom. The molecule has 2 nitrogen and oxygen atoms in total. The molecule has 1 aliphatic carbocycles. The van der Waals surface area contributed by atoms with Crippen LogP contribution in [-0.2, 0) is 11.2 Å². The Morgan fingerprint density at radius 3 is 2.71 bits per heavy atom. The molecule has 0 heterocycles. The van der Waals surface area contributed by atoms with Crippen LogP contribution in [0, 0.1) is 6.92 Å². The van der Waals surface area contributed by atoms with E-state index in [1.807, 2.05) is 18.2 Å². The summed E-state index contributed by atoms with van der Waals surface area (Å²) in [4.78, 5) is 11.7. The van der Waals surface area contributed by atoms with E-state index in [-0.39, 0.29) is 5.97 Å². The molecule has 0 N–H and O–H groups in total. The molecule has 0 bridgehead atoms. The van der Waals surface area contributed by atoms with Crippen molar-refractivity contribution in [3.8, 4) is 0 Å². The van der Waals surface area contributed by atoms with Gasteiger partial charge in [-0.1, -0.05) is 42.0 Å². The van der Waals surface area contributed by atoms with Gasteiger partial charge in [0, 0.05) is 0 Å². The molecule has 0 saturated carbocycles. The van der Waals surface area contributed by atoms with Gasteiger partial charge in [-0.3, -0.25) is 0 Å². The predicted octanol–water partition coefficient (Wildman–Crippen LogP) is 4.27. The van der Waals surface area contributed by atoms with Crippen LogP contribution < -0.4 is 0 Å². The first-order chi connectivity index (χ1) is 10.2. The summed E-state index contributed by atoms with van der Waals surface area (Å²) in [5.74, 6) is -0.283. The minimum absolute atomic E-state index is 0.283. The monoisotopic (exact) mass is 278 g/mol. The first-order valence-corrected chi connectivity index (χ1v) is 7.16. The van der Waals surface area contributed by atoms with Gasteiger partial charge in [0.2, 0.25) is 0 Å². The third-order valence-corrected chi connectivity index (χ3v) is 3.95. The van der Waals surface area contributed by atoms with E-state index < -0.39 is 0 Å². The van der Waals surface area contributed by atoms with Gasteiger partial charge < -0.3 is 4.74 Å². The number of ether oxygens (including phenoxy) is 1. The summed E-state index contributed by atoms with van der Waals surface area (Å²) in [5, 5.41) is 0. The SMILES string of the molecule is COC(=O)c1ccc2c(c1)C=C(c1cccc(C)c1)CC2. The second kappa shape index (κ2) is 5.57. The van der Waals surface area contributed by atoms with Crippen molar-refractivity contribution >= 4 is 17.6 Å². The van der Waals surface area contributed by atoms with Crippen LogP contribution in [0.1, 0.15) is 39.0 Å². The van der Waals surface area contributed by atoms with Crippen molar-refractivity contribution in [2.45, 2.75) is 19.8 Å². The van der Waals surface area contributed by atoms with Gasteiger partial charge in [-0.05, 0) is 54.2 Å². The summed E-state index contributed by atoms with van der Waals surface area (Å²) in [5.41, 5.74) is 6.89. The van der Waals surface area contributed by atoms with Gasteiger partial charge in [0.25, 0.3) is 0 Å². The Morgan fingerprint density at radius 1 is 1.10 bits per heavy atom. The quantitative estimate of drug-likeness (QED) is 0.767. The Labute approximate surface area is 125 Å². The normalized spacial score (nSPS) is 13.3. The number of aryl methyl sites for hydroxylation is 2. The average molecular weight is 278 g/mol. The fourth-order valence-electron chi connectivity index (χ4n) is 2.80. The molecule has 0 unspecified atom stereocenters. The number of carbonyl (C=O) groups excluding carboxylic acids is 1. The van der Waals surface area contributed by atoms with Crippen LogP contribution in [-0.4, -0.2) is 13.1 Å². The van der Waals surface area contributed by atoms with E-state index in [2.05, 4.69) is 37.3 Å². The van der Waals surface area contributed by atoms with E-state index in [4.69, 9.17) is 4.74 Å². The van der Waals surface area contributed by atoms with Gasteiger partial charge in [0.05, 0.1) is 12.7 Å². The zero-order valence-corrected chi connectivity index (χ0v) is 12.3. The molecule has 0 fully saturated rings. The number of methoxy groups -OCH3 is 1. The number of hydrogen-bond acceptors (Lipinski definition) is 2. The molecule has 0 radical (unpaired) electrons. The highest BCUT2D eigenvalue weighted by molar-refractivity contribution is 5.92. The molecule has 0 amide bonds. The molecule has 2 aromatic carbocycles. The van der Waals surface area contributed by atoms with Gasteiger partial charge >= 0.3 is 5.97 Å². The molecular weight excluding hydrogens is 260 g/mol. The van der Waals surface area contributed by atoms with Crippen LogP contribution in [0.2, 0.25) is 0 Å². The van der Waals surface area contributed by atoms with Crippen molar-refractivity contribution in [1.29, 1.82) is 0 Å². The van der Waals surface area contributed by atoms with E-state index in [1.54, 1.807) is 0 Å². The largest absolute Gasteiger partial charge is 0.465 e. The molecule has 0 saturated heterocycles. The topological polar surface area (TPSA) is 26.3 Å². The summed E-state index contributed by atoms with van der Waals surface area (Å²) in [6, 6.07) is 14.4. The van der Waals surface area contributed by atoms with E-state index >= 15 is 0 Å². The van der Waals surface area contributed by atoms with Crippen molar-refractivity contribution < 1.29 is 9.53 Å². The van der Waals surface area contributed by atoms with Gasteiger partial charge in [0.15, 0.2) is 0 Å². The second-order valence-electron chi connectivity index (χ2n) is 5.44.